The van der Waals surface area contributed by atoms with Crippen molar-refractivity contribution in [3.05, 3.63) is 0 Å². The molecule has 2 N–H and O–H groups in total. The lowest BCUT2D eigenvalue weighted by Gasteiger charge is -2.38. The summed E-state index contributed by atoms with van der Waals surface area (Å²) >= 11 is 0. The predicted octanol–water partition coefficient (Wildman–Crippen LogP) is -0.374. The monoisotopic (exact) mass is 270 g/mol. The van der Waals surface area contributed by atoms with E-state index in [4.69, 9.17) is 0 Å². The molecule has 2 rings (SSSR count). The first kappa shape index (κ1) is 15.2. The number of hydrogen-bond acceptors (Lipinski definition) is 5. The van der Waals surface area contributed by atoms with Crippen LogP contribution in [0.15, 0.2) is 0 Å². The summed E-state index contributed by atoms with van der Waals surface area (Å²) in [7, 11) is 4.04. The van der Waals surface area contributed by atoms with E-state index in [1.54, 1.807) is 0 Å². The summed E-state index contributed by atoms with van der Waals surface area (Å²) < 4.78 is 0. The van der Waals surface area contributed by atoms with Gasteiger partial charge in [0.2, 0.25) is 0 Å². The number of piperidine rings is 1. The number of aliphatic hydroxyl groups excluding tert-OH is 1. The lowest BCUT2D eigenvalue weighted by atomic mass is 10.0. The fourth-order valence-corrected chi connectivity index (χ4v) is 3.23. The minimum Gasteiger partial charge on any atom is -0.377 e. The Morgan fingerprint density at radius 1 is 1.11 bits per heavy atom. The van der Waals surface area contributed by atoms with Crippen molar-refractivity contribution < 1.29 is 5.11 Å². The molecule has 0 aromatic heterocycles. The van der Waals surface area contributed by atoms with Crippen LogP contribution in [-0.4, -0.2) is 92.0 Å². The fraction of sp³-hybridized carbons (Fsp3) is 1.00. The van der Waals surface area contributed by atoms with Gasteiger partial charge in [-0.25, -0.2) is 0 Å². The van der Waals surface area contributed by atoms with Crippen molar-refractivity contribution in [2.24, 2.45) is 0 Å². The Bertz CT molecular complexity index is 256. The number of hydrogen-bond donors (Lipinski definition) is 2. The van der Waals surface area contributed by atoms with Crippen molar-refractivity contribution in [1.82, 2.24) is 20.0 Å². The third-order valence-corrected chi connectivity index (χ3v) is 4.59. The van der Waals surface area contributed by atoms with Gasteiger partial charge in [0.15, 0.2) is 0 Å². The van der Waals surface area contributed by atoms with Gasteiger partial charge in [0, 0.05) is 25.7 Å². The smallest absolute Gasteiger partial charge is 0.117 e. The number of rotatable bonds is 4. The van der Waals surface area contributed by atoms with Gasteiger partial charge in [-0.3, -0.25) is 15.1 Å². The average Bonchev–Trinajstić information content (AvgIpc) is 2.64. The highest BCUT2D eigenvalue weighted by Crippen LogP contribution is 2.18. The van der Waals surface area contributed by atoms with Crippen molar-refractivity contribution in [3.63, 3.8) is 0 Å². The van der Waals surface area contributed by atoms with E-state index in [1.807, 2.05) is 7.05 Å². The maximum atomic E-state index is 9.62. The summed E-state index contributed by atoms with van der Waals surface area (Å²) in [5.74, 6) is 0. The molecular formula is C14H30N4O. The second-order valence-corrected chi connectivity index (χ2v) is 6.03. The summed E-state index contributed by atoms with van der Waals surface area (Å²) in [6.45, 7) is 7.92. The standard InChI is InChI=1S/C14H30N4O/c1-15-14(19)12-17-8-4-13(5-9-17)18-7-3-6-16(2)10-11-18/h13-15,19H,3-12H2,1-2H3. The first-order valence-corrected chi connectivity index (χ1v) is 7.69. The van der Waals surface area contributed by atoms with Gasteiger partial charge >= 0.3 is 0 Å². The Kier molecular flexibility index (Phi) is 6.04. The van der Waals surface area contributed by atoms with E-state index in [1.165, 1.54) is 45.4 Å². The van der Waals surface area contributed by atoms with E-state index in [2.05, 4.69) is 27.1 Å². The molecule has 5 heteroatoms. The Morgan fingerprint density at radius 2 is 1.84 bits per heavy atom. The zero-order valence-electron chi connectivity index (χ0n) is 12.5. The molecule has 0 bridgehead atoms. The van der Waals surface area contributed by atoms with Gasteiger partial charge in [-0.15, -0.1) is 0 Å². The molecule has 0 aromatic carbocycles. The molecule has 5 nitrogen and oxygen atoms in total. The summed E-state index contributed by atoms with van der Waals surface area (Å²) in [6, 6.07) is 0.759. The summed E-state index contributed by atoms with van der Waals surface area (Å²) in [5.41, 5.74) is 0. The molecule has 0 saturated carbocycles. The van der Waals surface area contributed by atoms with Crippen LogP contribution in [0.5, 0.6) is 0 Å². The summed E-state index contributed by atoms with van der Waals surface area (Å²) in [5, 5.41) is 12.5. The van der Waals surface area contributed by atoms with Crippen molar-refractivity contribution in [3.8, 4) is 0 Å². The van der Waals surface area contributed by atoms with Gasteiger partial charge < -0.3 is 10.0 Å². The quantitative estimate of drug-likeness (QED) is 0.682. The summed E-state index contributed by atoms with van der Waals surface area (Å²) in [4.78, 5) is 7.51. The topological polar surface area (TPSA) is 42.0 Å². The third-order valence-electron chi connectivity index (χ3n) is 4.59. The second kappa shape index (κ2) is 7.55. The van der Waals surface area contributed by atoms with Crippen LogP contribution in [0.2, 0.25) is 0 Å². The summed E-state index contributed by atoms with van der Waals surface area (Å²) in [6.07, 6.45) is 3.42. The van der Waals surface area contributed by atoms with E-state index >= 15 is 0 Å². The average molecular weight is 270 g/mol. The van der Waals surface area contributed by atoms with Gasteiger partial charge in [0.1, 0.15) is 6.23 Å². The van der Waals surface area contributed by atoms with Crippen molar-refractivity contribution in [2.75, 3.05) is 59.9 Å². The van der Waals surface area contributed by atoms with Crippen molar-refractivity contribution >= 4 is 0 Å². The van der Waals surface area contributed by atoms with E-state index in [9.17, 15) is 5.11 Å². The van der Waals surface area contributed by atoms with Gasteiger partial charge in [-0.2, -0.15) is 0 Å². The molecule has 0 aromatic rings. The molecule has 0 radical (unpaired) electrons. The largest absolute Gasteiger partial charge is 0.377 e. The molecule has 0 aliphatic carbocycles. The van der Waals surface area contributed by atoms with Crippen LogP contribution < -0.4 is 5.32 Å². The van der Waals surface area contributed by atoms with Crippen LogP contribution in [0.4, 0.5) is 0 Å². The Hall–Kier alpha value is -0.200. The SMILES string of the molecule is CNC(O)CN1CCC(N2CCCN(C)CC2)CC1. The highest BCUT2D eigenvalue weighted by Gasteiger charge is 2.26. The third kappa shape index (κ3) is 4.68. The lowest BCUT2D eigenvalue weighted by molar-refractivity contribution is 0.0573. The maximum absolute atomic E-state index is 9.62. The molecule has 2 heterocycles. The van der Waals surface area contributed by atoms with Crippen LogP contribution in [0.3, 0.4) is 0 Å². The molecular weight excluding hydrogens is 240 g/mol. The van der Waals surface area contributed by atoms with E-state index in [-0.39, 0.29) is 6.23 Å². The van der Waals surface area contributed by atoms with Crippen LogP contribution in [0.25, 0.3) is 0 Å². The van der Waals surface area contributed by atoms with Crippen LogP contribution in [0, 0.1) is 0 Å². The highest BCUT2D eigenvalue weighted by molar-refractivity contribution is 4.82. The van der Waals surface area contributed by atoms with Crippen LogP contribution >= 0.6 is 0 Å². The van der Waals surface area contributed by atoms with Crippen LogP contribution in [-0.2, 0) is 0 Å². The number of β-amino-alcohol motifs (C(OH)–C–C–N with tert-alkyl or cyclic N) is 1. The zero-order chi connectivity index (χ0) is 13.7. The first-order chi connectivity index (χ1) is 9.19. The molecule has 2 aliphatic heterocycles. The van der Waals surface area contributed by atoms with Gasteiger partial charge in [0.05, 0.1) is 0 Å². The molecule has 2 saturated heterocycles. The minimum atomic E-state index is -0.386. The molecule has 112 valence electrons. The molecule has 1 unspecified atom stereocenters. The molecule has 0 spiro atoms. The number of likely N-dealkylation sites (N-methyl/N-ethyl adjacent to an activating group) is 2. The Balaban J connectivity index is 1.73. The predicted molar refractivity (Wildman–Crippen MR) is 78.2 cm³/mol. The van der Waals surface area contributed by atoms with Gasteiger partial charge in [0.25, 0.3) is 0 Å². The lowest BCUT2D eigenvalue weighted by Crippen LogP contribution is -2.49. The molecule has 19 heavy (non-hydrogen) atoms. The van der Waals surface area contributed by atoms with E-state index < -0.39 is 0 Å². The van der Waals surface area contributed by atoms with Crippen LogP contribution in [0.1, 0.15) is 19.3 Å². The Morgan fingerprint density at radius 3 is 2.53 bits per heavy atom. The number of aliphatic hydroxyl groups is 1. The Labute approximate surface area is 117 Å². The first-order valence-electron chi connectivity index (χ1n) is 7.69. The molecule has 0 amide bonds. The van der Waals surface area contributed by atoms with Crippen molar-refractivity contribution in [2.45, 2.75) is 31.5 Å². The molecule has 1 atom stereocenters. The van der Waals surface area contributed by atoms with Gasteiger partial charge in [-0.1, -0.05) is 0 Å². The number of likely N-dealkylation sites (tertiary alicyclic amines) is 1. The minimum absolute atomic E-state index is 0.386. The second-order valence-electron chi connectivity index (χ2n) is 6.03. The molecule has 2 aliphatic rings. The van der Waals surface area contributed by atoms with E-state index in [0.29, 0.717) is 0 Å². The number of nitrogens with zero attached hydrogens (tertiary/aromatic N) is 3. The normalized spacial score (nSPS) is 27.3. The fourth-order valence-electron chi connectivity index (χ4n) is 3.23. The maximum Gasteiger partial charge on any atom is 0.117 e. The zero-order valence-corrected chi connectivity index (χ0v) is 12.5. The van der Waals surface area contributed by atoms with Crippen molar-refractivity contribution in [1.29, 1.82) is 0 Å². The highest BCUT2D eigenvalue weighted by atomic mass is 16.3. The molecule has 2 fully saturated rings. The van der Waals surface area contributed by atoms with Gasteiger partial charge in [-0.05, 0) is 59.5 Å². The van der Waals surface area contributed by atoms with E-state index in [0.717, 1.165) is 25.7 Å². The number of nitrogens with one attached hydrogen (secondary N) is 1.